The Bertz CT molecular complexity index is 962. The van der Waals surface area contributed by atoms with E-state index in [4.69, 9.17) is 9.47 Å². The number of hydrogen-bond donors (Lipinski definition) is 2. The van der Waals surface area contributed by atoms with Gasteiger partial charge in [-0.1, -0.05) is 13.3 Å². The molecule has 0 saturated heterocycles. The molecule has 158 valence electrons. The summed E-state index contributed by atoms with van der Waals surface area (Å²) in [6.07, 6.45) is 2.17. The second kappa shape index (κ2) is 10.6. The predicted octanol–water partition coefficient (Wildman–Crippen LogP) is 4.06. The summed E-state index contributed by atoms with van der Waals surface area (Å²) < 4.78 is 11.6. The molecule has 2 aromatic carbocycles. The molecule has 0 aliphatic carbocycles. The number of phenolic OH excluding ortho intramolecular Hbond substituents is 1. The van der Waals surface area contributed by atoms with Gasteiger partial charge in [0.1, 0.15) is 17.2 Å². The number of carbonyl (C=O) groups is 1. The molecule has 0 fully saturated rings. The molecule has 0 spiro atoms. The van der Waals surface area contributed by atoms with E-state index in [1.807, 2.05) is 31.2 Å². The lowest BCUT2D eigenvalue weighted by Gasteiger charge is -2.15. The van der Waals surface area contributed by atoms with Crippen LogP contribution in [0.5, 0.6) is 17.2 Å². The third kappa shape index (κ3) is 5.73. The van der Waals surface area contributed by atoms with Crippen LogP contribution in [0.15, 0.2) is 46.5 Å². The normalized spacial score (nSPS) is 10.7. The van der Waals surface area contributed by atoms with Gasteiger partial charge in [-0.2, -0.15) is 0 Å². The highest BCUT2D eigenvalue weighted by molar-refractivity contribution is 7.99. The number of hydrogen-bond acceptors (Lipinski definition) is 8. The number of nitrogens with zero attached hydrogens (tertiary/aromatic N) is 3. The highest BCUT2D eigenvalue weighted by Crippen LogP contribution is 2.33. The molecule has 0 aliphatic rings. The van der Waals surface area contributed by atoms with Gasteiger partial charge in [0.25, 0.3) is 0 Å². The highest BCUT2D eigenvalue weighted by Gasteiger charge is 2.15. The van der Waals surface area contributed by atoms with E-state index in [0.29, 0.717) is 48.1 Å². The first kappa shape index (κ1) is 21.6. The van der Waals surface area contributed by atoms with Crippen molar-refractivity contribution in [1.29, 1.82) is 0 Å². The molecule has 0 radical (unpaired) electrons. The van der Waals surface area contributed by atoms with Crippen LogP contribution in [0.4, 0.5) is 0 Å². The third-order valence-corrected chi connectivity index (χ3v) is 5.17. The Balaban J connectivity index is 1.47. The van der Waals surface area contributed by atoms with Crippen molar-refractivity contribution in [2.24, 2.45) is 0 Å². The molecule has 1 aromatic heterocycles. The Morgan fingerprint density at radius 3 is 2.57 bits per heavy atom. The van der Waals surface area contributed by atoms with Gasteiger partial charge in [0.2, 0.25) is 5.16 Å². The summed E-state index contributed by atoms with van der Waals surface area (Å²) in [6.45, 7) is 4.41. The lowest BCUT2D eigenvalue weighted by atomic mass is 10.0. The topological polar surface area (TPSA) is 110 Å². The van der Waals surface area contributed by atoms with Gasteiger partial charge in [-0.15, -0.1) is 5.10 Å². The van der Waals surface area contributed by atoms with E-state index in [-0.39, 0.29) is 11.5 Å². The standard InChI is InChI=1S/C21H24N4O4S/c1-3-5-18-19(11-10-17(14(2)26)20(18)27)29-13-4-12-28-15-6-8-16(9-7-15)30-21-22-24-25-23-21/h6-11,27H,3-5,12-13H2,1-2H3,(H,22,23,24,25). The van der Waals surface area contributed by atoms with Crippen LogP contribution >= 0.6 is 11.8 Å². The molecule has 8 nitrogen and oxygen atoms in total. The van der Waals surface area contributed by atoms with Crippen LogP contribution in [-0.2, 0) is 6.42 Å². The molecular weight excluding hydrogens is 404 g/mol. The number of H-pyrrole nitrogens is 1. The number of aromatic hydroxyl groups is 1. The van der Waals surface area contributed by atoms with Crippen molar-refractivity contribution in [1.82, 2.24) is 20.6 Å². The minimum atomic E-state index is -0.160. The Kier molecular flexibility index (Phi) is 7.67. The number of tetrazole rings is 1. The first-order chi connectivity index (χ1) is 14.6. The molecule has 0 amide bonds. The summed E-state index contributed by atoms with van der Waals surface area (Å²) in [6, 6.07) is 11.0. The first-order valence-electron chi connectivity index (χ1n) is 9.71. The second-order valence-electron chi connectivity index (χ2n) is 6.57. The van der Waals surface area contributed by atoms with Gasteiger partial charge in [0.15, 0.2) is 5.78 Å². The zero-order valence-electron chi connectivity index (χ0n) is 16.9. The van der Waals surface area contributed by atoms with Crippen LogP contribution in [0.25, 0.3) is 0 Å². The quantitative estimate of drug-likeness (QED) is 0.347. The second-order valence-corrected chi connectivity index (χ2v) is 7.64. The fourth-order valence-corrected chi connectivity index (χ4v) is 3.53. The first-order valence-corrected chi connectivity index (χ1v) is 10.5. The van der Waals surface area contributed by atoms with E-state index in [2.05, 4.69) is 20.6 Å². The largest absolute Gasteiger partial charge is 0.507 e. The van der Waals surface area contributed by atoms with Crippen LogP contribution in [0.1, 0.15) is 42.6 Å². The van der Waals surface area contributed by atoms with E-state index in [0.717, 1.165) is 17.1 Å². The number of benzene rings is 2. The summed E-state index contributed by atoms with van der Waals surface area (Å²) in [5.41, 5.74) is 1.01. The van der Waals surface area contributed by atoms with E-state index in [9.17, 15) is 9.90 Å². The van der Waals surface area contributed by atoms with E-state index < -0.39 is 0 Å². The molecule has 2 N–H and O–H groups in total. The number of carbonyl (C=O) groups excluding carboxylic acids is 1. The van der Waals surface area contributed by atoms with Gasteiger partial charge in [-0.25, -0.2) is 5.10 Å². The minimum Gasteiger partial charge on any atom is -0.507 e. The average Bonchev–Trinajstić information content (AvgIpc) is 3.24. The number of nitrogens with one attached hydrogen (secondary N) is 1. The number of ketones is 1. The van der Waals surface area contributed by atoms with E-state index >= 15 is 0 Å². The third-order valence-electron chi connectivity index (χ3n) is 4.30. The lowest BCUT2D eigenvalue weighted by Crippen LogP contribution is -2.07. The van der Waals surface area contributed by atoms with Crippen LogP contribution in [0.3, 0.4) is 0 Å². The van der Waals surface area contributed by atoms with E-state index in [1.54, 1.807) is 12.1 Å². The molecule has 3 rings (SSSR count). The number of rotatable bonds is 11. The predicted molar refractivity (Wildman–Crippen MR) is 112 cm³/mol. The zero-order valence-corrected chi connectivity index (χ0v) is 17.7. The summed E-state index contributed by atoms with van der Waals surface area (Å²) in [5, 5.41) is 24.6. The molecule has 0 bridgehead atoms. The Morgan fingerprint density at radius 2 is 1.90 bits per heavy atom. The van der Waals surface area contributed by atoms with Crippen molar-refractivity contribution >= 4 is 17.5 Å². The van der Waals surface area contributed by atoms with Crippen molar-refractivity contribution in [3.05, 3.63) is 47.5 Å². The molecular formula is C21H24N4O4S. The molecule has 1 heterocycles. The smallest absolute Gasteiger partial charge is 0.211 e. The van der Waals surface area contributed by atoms with Crippen molar-refractivity contribution in [3.63, 3.8) is 0 Å². The van der Waals surface area contributed by atoms with Gasteiger partial charge in [0, 0.05) is 16.9 Å². The van der Waals surface area contributed by atoms with Crippen molar-refractivity contribution < 1.29 is 19.4 Å². The van der Waals surface area contributed by atoms with Gasteiger partial charge in [-0.3, -0.25) is 4.79 Å². The minimum absolute atomic E-state index is 0.0252. The van der Waals surface area contributed by atoms with E-state index in [1.165, 1.54) is 18.7 Å². The summed E-state index contributed by atoms with van der Waals surface area (Å²) in [4.78, 5) is 12.6. The van der Waals surface area contributed by atoms with Gasteiger partial charge in [0.05, 0.1) is 18.8 Å². The number of phenols is 1. The molecule has 3 aromatic rings. The van der Waals surface area contributed by atoms with Crippen LogP contribution in [0.2, 0.25) is 0 Å². The molecule has 30 heavy (non-hydrogen) atoms. The summed E-state index contributed by atoms with van der Waals surface area (Å²) in [7, 11) is 0. The Hall–Kier alpha value is -3.07. The summed E-state index contributed by atoms with van der Waals surface area (Å²) >= 11 is 1.43. The highest BCUT2D eigenvalue weighted by atomic mass is 32.2. The molecule has 0 aliphatic heterocycles. The molecule has 0 unspecified atom stereocenters. The number of aromatic nitrogens is 4. The van der Waals surface area contributed by atoms with Crippen LogP contribution < -0.4 is 9.47 Å². The SMILES string of the molecule is CCCc1c(OCCCOc2ccc(Sc3nnn[nH]3)cc2)ccc(C(C)=O)c1O. The number of ether oxygens (including phenoxy) is 2. The maximum atomic E-state index is 11.6. The van der Waals surface area contributed by atoms with Gasteiger partial charge < -0.3 is 14.6 Å². The number of aromatic amines is 1. The van der Waals surface area contributed by atoms with Crippen LogP contribution in [-0.4, -0.2) is 44.7 Å². The fourth-order valence-electron chi connectivity index (χ4n) is 2.87. The fraction of sp³-hybridized carbons (Fsp3) is 0.333. The van der Waals surface area contributed by atoms with Crippen molar-refractivity contribution in [3.8, 4) is 17.2 Å². The number of Topliss-reactive ketones (excluding diaryl/α,β-unsaturated/α-hetero) is 1. The van der Waals surface area contributed by atoms with Crippen molar-refractivity contribution in [2.45, 2.75) is 43.2 Å². The monoisotopic (exact) mass is 428 g/mol. The Morgan fingerprint density at radius 1 is 1.13 bits per heavy atom. The van der Waals surface area contributed by atoms with Gasteiger partial charge in [-0.05, 0) is 71.9 Å². The lowest BCUT2D eigenvalue weighted by molar-refractivity contribution is 0.101. The average molecular weight is 429 g/mol. The van der Waals surface area contributed by atoms with Gasteiger partial charge >= 0.3 is 0 Å². The molecule has 0 atom stereocenters. The molecule has 9 heteroatoms. The maximum Gasteiger partial charge on any atom is 0.211 e. The summed E-state index contributed by atoms with van der Waals surface area (Å²) in [5.74, 6) is 1.25. The van der Waals surface area contributed by atoms with Crippen molar-refractivity contribution in [2.75, 3.05) is 13.2 Å². The zero-order chi connectivity index (χ0) is 21.3. The maximum absolute atomic E-state index is 11.6. The molecule has 0 saturated carbocycles. The van der Waals surface area contributed by atoms with Crippen LogP contribution in [0, 0.1) is 0 Å². The Labute approximate surface area is 179 Å².